The topological polar surface area (TPSA) is 138 Å². The Hall–Kier alpha value is -1.14. The molecule has 0 rings (SSSR count). The molecule has 0 atom stereocenters. The van der Waals surface area contributed by atoms with Crippen molar-refractivity contribution >= 4 is 11.8 Å². The van der Waals surface area contributed by atoms with E-state index in [9.17, 15) is 9.59 Å². The van der Waals surface area contributed by atoms with Crippen LogP contribution in [0.2, 0.25) is 0 Å². The average Bonchev–Trinajstić information content (AvgIpc) is 2.81. The van der Waals surface area contributed by atoms with Gasteiger partial charge >= 0.3 is 0 Å². The molecule has 0 saturated heterocycles. The fourth-order valence-corrected chi connectivity index (χ4v) is 3.93. The van der Waals surface area contributed by atoms with Crippen LogP contribution in [0.5, 0.6) is 0 Å². The zero-order chi connectivity index (χ0) is 26.8. The van der Waals surface area contributed by atoms with Crippen molar-refractivity contribution in [3.05, 3.63) is 0 Å². The van der Waals surface area contributed by atoms with E-state index in [0.29, 0.717) is 12.8 Å². The van der Waals surface area contributed by atoms with Crippen LogP contribution in [-0.4, -0.2) is 18.5 Å². The highest BCUT2D eigenvalue weighted by molar-refractivity contribution is 5.73. The van der Waals surface area contributed by atoms with Gasteiger partial charge in [0, 0.05) is 19.5 Å². The van der Waals surface area contributed by atoms with Gasteiger partial charge in [0.15, 0.2) is 0 Å². The first kappa shape index (κ1) is 38.4. The van der Waals surface area contributed by atoms with Crippen LogP contribution in [0.3, 0.4) is 0 Å². The summed E-state index contributed by atoms with van der Waals surface area (Å²) < 4.78 is 0. The molecule has 0 aromatic rings. The summed E-state index contributed by atoms with van der Waals surface area (Å²) in [5.74, 6) is -0.313. The Morgan fingerprint density at radius 3 is 0.743 bits per heavy atom. The molecule has 0 heterocycles. The maximum atomic E-state index is 10.5. The van der Waals surface area contributed by atoms with Gasteiger partial charge in [0.25, 0.3) is 0 Å². The number of primary amides is 2. The number of amides is 2. The minimum atomic E-state index is -0.157. The molecule has 0 radical (unpaired) electrons. The molecule has 0 bridgehead atoms. The van der Waals surface area contributed by atoms with Gasteiger partial charge < -0.3 is 22.9 Å². The largest absolute Gasteiger partial charge is 0.370 e. The fraction of sp³-hybridized carbons (Fsp3) is 0.931. The van der Waals surface area contributed by atoms with E-state index in [1.54, 1.807) is 0 Å². The molecule has 2 amide bonds. The third-order valence-electron chi connectivity index (χ3n) is 6.05. The van der Waals surface area contributed by atoms with Gasteiger partial charge in [0.05, 0.1) is 0 Å². The molecule has 35 heavy (non-hydrogen) atoms. The lowest BCUT2D eigenvalue weighted by atomic mass is 10.1. The summed E-state index contributed by atoms with van der Waals surface area (Å²) in [7, 11) is 0. The van der Waals surface area contributed by atoms with E-state index in [1.165, 1.54) is 128 Å². The second-order valence-corrected chi connectivity index (χ2v) is 9.74. The summed E-state index contributed by atoms with van der Waals surface area (Å²) in [6.07, 6.45) is 30.0. The van der Waals surface area contributed by atoms with Gasteiger partial charge in [-0.1, -0.05) is 142 Å². The molecule has 0 saturated carbocycles. The van der Waals surface area contributed by atoms with E-state index < -0.39 is 0 Å². The highest BCUT2D eigenvalue weighted by Gasteiger charge is 1.96. The van der Waals surface area contributed by atoms with E-state index in [4.69, 9.17) is 11.5 Å². The first-order valence-electron chi connectivity index (χ1n) is 14.9. The van der Waals surface area contributed by atoms with Crippen molar-refractivity contribution < 1.29 is 9.59 Å². The third-order valence-corrected chi connectivity index (χ3v) is 6.05. The second-order valence-electron chi connectivity index (χ2n) is 9.74. The fourth-order valence-electron chi connectivity index (χ4n) is 3.93. The van der Waals surface area contributed by atoms with Gasteiger partial charge in [0.1, 0.15) is 0 Å². The van der Waals surface area contributed by atoms with Gasteiger partial charge in [-0.25, -0.2) is 0 Å². The molecule has 0 aliphatic heterocycles. The molecule has 0 aromatic heterocycles. The summed E-state index contributed by atoms with van der Waals surface area (Å²) >= 11 is 0. The van der Waals surface area contributed by atoms with E-state index in [1.807, 2.05) is 0 Å². The predicted molar refractivity (Wildman–Crippen MR) is 154 cm³/mol. The van der Waals surface area contributed by atoms with Crippen LogP contribution in [-0.2, 0) is 9.59 Å². The zero-order valence-corrected chi connectivity index (χ0v) is 23.8. The van der Waals surface area contributed by atoms with Crippen molar-refractivity contribution in [3.63, 3.8) is 0 Å². The summed E-state index contributed by atoms with van der Waals surface area (Å²) in [4.78, 5) is 21.0. The van der Waals surface area contributed by atoms with Crippen molar-refractivity contribution in [2.75, 3.05) is 6.67 Å². The molecule has 8 N–H and O–H groups in total. The summed E-state index contributed by atoms with van der Waals surface area (Å²) in [6.45, 7) is 4.76. The maximum Gasteiger partial charge on any atom is 0.217 e. The van der Waals surface area contributed by atoms with Crippen LogP contribution < -0.4 is 22.9 Å². The number of carbonyl (C=O) groups is 2. The van der Waals surface area contributed by atoms with Crippen LogP contribution in [0.25, 0.3) is 0 Å². The van der Waals surface area contributed by atoms with E-state index in [-0.39, 0.29) is 18.5 Å². The Bertz CT molecular complexity index is 370. The number of hydrogen-bond acceptors (Lipinski definition) is 4. The van der Waals surface area contributed by atoms with Crippen LogP contribution in [0.15, 0.2) is 0 Å². The number of carbonyl (C=O) groups excluding carboxylic acids is 2. The summed E-state index contributed by atoms with van der Waals surface area (Å²) in [5, 5.41) is 0. The van der Waals surface area contributed by atoms with E-state index in [2.05, 4.69) is 25.3 Å². The molecule has 212 valence electrons. The Labute approximate surface area is 219 Å². The summed E-state index contributed by atoms with van der Waals surface area (Å²) in [6, 6.07) is 0. The second kappa shape index (κ2) is 37.4. The van der Waals surface area contributed by atoms with Gasteiger partial charge in [-0.2, -0.15) is 0 Å². The Kier molecular flexibility index (Phi) is 41.0. The quantitative estimate of drug-likeness (QED) is 0.0821. The van der Waals surface area contributed by atoms with Crippen molar-refractivity contribution in [1.82, 2.24) is 0 Å². The molecule has 6 nitrogen and oxygen atoms in total. The Morgan fingerprint density at radius 2 is 0.571 bits per heavy atom. The molecular formula is C29H64N4O2. The van der Waals surface area contributed by atoms with Gasteiger partial charge in [-0.05, 0) is 12.8 Å². The first-order valence-corrected chi connectivity index (χ1v) is 14.9. The van der Waals surface area contributed by atoms with Gasteiger partial charge in [0.2, 0.25) is 11.8 Å². The molecule has 0 aliphatic carbocycles. The lowest BCUT2D eigenvalue weighted by Crippen LogP contribution is -2.09. The molecule has 0 unspecified atom stereocenters. The van der Waals surface area contributed by atoms with Crippen LogP contribution in [0.4, 0.5) is 0 Å². The lowest BCUT2D eigenvalue weighted by Gasteiger charge is -2.01. The molecule has 6 heteroatoms. The number of rotatable bonds is 24. The molecule has 0 spiro atoms. The van der Waals surface area contributed by atoms with E-state index >= 15 is 0 Å². The SMILES string of the molecule is CCCCCCCCCCCCCC(N)=O.CCCCCCCCCCCCCC(N)=O.NCN. The number of hydrogen-bond donors (Lipinski definition) is 4. The van der Waals surface area contributed by atoms with E-state index in [0.717, 1.165) is 12.8 Å². The lowest BCUT2D eigenvalue weighted by molar-refractivity contribution is -0.119. The number of nitrogens with two attached hydrogens (primary N) is 4. The highest BCUT2D eigenvalue weighted by atomic mass is 16.1. The maximum absolute atomic E-state index is 10.5. The van der Waals surface area contributed by atoms with Gasteiger partial charge in [-0.3, -0.25) is 9.59 Å². The molecule has 0 fully saturated rings. The standard InChI is InChI=1S/2C14H29NO.CH6N2/c2*1-2-3-4-5-6-7-8-9-10-11-12-13-14(15)16;2-1-3/h2*2-13H2,1H3,(H2,15,16);1-3H2. The van der Waals surface area contributed by atoms with Crippen molar-refractivity contribution in [2.24, 2.45) is 22.9 Å². The van der Waals surface area contributed by atoms with Crippen LogP contribution >= 0.6 is 0 Å². The normalized spacial score (nSPS) is 10.2. The number of unbranched alkanes of at least 4 members (excludes halogenated alkanes) is 20. The van der Waals surface area contributed by atoms with Crippen LogP contribution in [0.1, 0.15) is 168 Å². The van der Waals surface area contributed by atoms with Crippen LogP contribution in [0, 0.1) is 0 Å². The third kappa shape index (κ3) is 50.6. The Morgan fingerprint density at radius 1 is 0.400 bits per heavy atom. The van der Waals surface area contributed by atoms with Crippen molar-refractivity contribution in [1.29, 1.82) is 0 Å². The zero-order valence-electron chi connectivity index (χ0n) is 23.8. The highest BCUT2D eigenvalue weighted by Crippen LogP contribution is 2.12. The molecule has 0 aliphatic rings. The van der Waals surface area contributed by atoms with Crippen molar-refractivity contribution in [3.8, 4) is 0 Å². The molecular weight excluding hydrogens is 436 g/mol. The average molecular weight is 501 g/mol. The summed E-state index contributed by atoms with van der Waals surface area (Å²) in [5.41, 5.74) is 19.4. The van der Waals surface area contributed by atoms with Crippen molar-refractivity contribution in [2.45, 2.75) is 168 Å². The molecule has 0 aromatic carbocycles. The first-order chi connectivity index (χ1) is 17.0. The monoisotopic (exact) mass is 501 g/mol. The minimum absolute atomic E-state index is 0.157. The predicted octanol–water partition coefficient (Wildman–Crippen LogP) is 7.21. The smallest absolute Gasteiger partial charge is 0.217 e. The Balaban J connectivity index is -0.000000525. The van der Waals surface area contributed by atoms with Gasteiger partial charge in [-0.15, -0.1) is 0 Å². The minimum Gasteiger partial charge on any atom is -0.370 e.